The number of rotatable bonds is 5. The van der Waals surface area contributed by atoms with Crippen molar-refractivity contribution in [2.45, 2.75) is 58.5 Å². The molecule has 1 aromatic heterocycles. The van der Waals surface area contributed by atoms with E-state index >= 15 is 0 Å². The van der Waals surface area contributed by atoms with Crippen molar-refractivity contribution in [1.29, 1.82) is 0 Å². The van der Waals surface area contributed by atoms with Crippen LogP contribution in [0.15, 0.2) is 0 Å². The zero-order chi connectivity index (χ0) is 11.4. The van der Waals surface area contributed by atoms with Gasteiger partial charge in [0.1, 0.15) is 10.0 Å². The van der Waals surface area contributed by atoms with Crippen LogP contribution in [0.4, 0.5) is 0 Å². The van der Waals surface area contributed by atoms with E-state index < -0.39 is 0 Å². The van der Waals surface area contributed by atoms with Crippen LogP contribution in [-0.2, 0) is 13.0 Å². The van der Waals surface area contributed by atoms with Gasteiger partial charge in [-0.1, -0.05) is 39.5 Å². The summed E-state index contributed by atoms with van der Waals surface area (Å²) in [5, 5.41) is 14.3. The van der Waals surface area contributed by atoms with E-state index in [1.165, 1.54) is 30.7 Å². The van der Waals surface area contributed by atoms with Crippen LogP contribution < -0.4 is 5.32 Å². The lowest BCUT2D eigenvalue weighted by molar-refractivity contribution is 0.542. The van der Waals surface area contributed by atoms with Gasteiger partial charge in [-0.3, -0.25) is 0 Å². The maximum atomic E-state index is 4.29. The Balaban J connectivity index is 1.81. The van der Waals surface area contributed by atoms with Crippen molar-refractivity contribution in [2.24, 2.45) is 5.92 Å². The highest BCUT2D eigenvalue weighted by atomic mass is 32.1. The van der Waals surface area contributed by atoms with E-state index in [4.69, 9.17) is 0 Å². The molecular weight excluding hydrogens is 218 g/mol. The third-order valence-electron chi connectivity index (χ3n) is 3.11. The first kappa shape index (κ1) is 12.0. The minimum atomic E-state index is 0.516. The Labute approximate surface area is 102 Å². The largest absolute Gasteiger partial charge is 0.308 e. The first-order valence-corrected chi connectivity index (χ1v) is 7.10. The maximum Gasteiger partial charge on any atom is 0.131 e. The molecule has 0 aromatic carbocycles. The molecule has 1 aliphatic rings. The van der Waals surface area contributed by atoms with Gasteiger partial charge in [0.15, 0.2) is 0 Å². The Hall–Kier alpha value is -0.480. The molecule has 0 bridgehead atoms. The molecular formula is C12H21N3S. The van der Waals surface area contributed by atoms with Crippen molar-refractivity contribution in [2.75, 3.05) is 0 Å². The van der Waals surface area contributed by atoms with Crippen LogP contribution in [0.25, 0.3) is 0 Å². The summed E-state index contributed by atoms with van der Waals surface area (Å²) >= 11 is 1.78. The van der Waals surface area contributed by atoms with Crippen LogP contribution in [0, 0.1) is 5.92 Å². The van der Waals surface area contributed by atoms with E-state index in [0.717, 1.165) is 23.9 Å². The fraction of sp³-hybridized carbons (Fsp3) is 0.833. The predicted molar refractivity (Wildman–Crippen MR) is 67.5 cm³/mol. The molecule has 1 heterocycles. The van der Waals surface area contributed by atoms with Crippen molar-refractivity contribution in [3.63, 3.8) is 0 Å². The molecule has 1 N–H and O–H groups in total. The minimum Gasteiger partial charge on any atom is -0.308 e. The number of aromatic nitrogens is 2. The second-order valence-electron chi connectivity index (χ2n) is 4.98. The Morgan fingerprint density at radius 1 is 1.25 bits per heavy atom. The summed E-state index contributed by atoms with van der Waals surface area (Å²) in [4.78, 5) is 0. The van der Waals surface area contributed by atoms with E-state index in [0.29, 0.717) is 6.04 Å². The van der Waals surface area contributed by atoms with E-state index in [2.05, 4.69) is 29.4 Å². The molecule has 2 rings (SSSR count). The Morgan fingerprint density at radius 3 is 2.62 bits per heavy atom. The molecule has 0 unspecified atom stereocenters. The maximum absolute atomic E-state index is 4.29. The fourth-order valence-electron chi connectivity index (χ4n) is 2.20. The van der Waals surface area contributed by atoms with Gasteiger partial charge in [0.05, 0.1) is 0 Å². The first-order valence-electron chi connectivity index (χ1n) is 6.28. The number of hydrogen-bond donors (Lipinski definition) is 1. The SMILES string of the molecule is CC(C)NCc1nnc(CC2CCCC2)s1. The van der Waals surface area contributed by atoms with E-state index in [1.54, 1.807) is 11.3 Å². The Morgan fingerprint density at radius 2 is 1.94 bits per heavy atom. The molecule has 16 heavy (non-hydrogen) atoms. The molecule has 1 aromatic rings. The standard InChI is InChI=1S/C12H21N3S/c1-9(2)13-8-12-15-14-11(16-12)7-10-5-3-4-6-10/h9-10,13H,3-8H2,1-2H3. The van der Waals surface area contributed by atoms with Gasteiger partial charge in [0, 0.05) is 19.0 Å². The highest BCUT2D eigenvalue weighted by Crippen LogP contribution is 2.28. The van der Waals surface area contributed by atoms with Gasteiger partial charge >= 0.3 is 0 Å². The van der Waals surface area contributed by atoms with Gasteiger partial charge < -0.3 is 5.32 Å². The third kappa shape index (κ3) is 3.52. The highest BCUT2D eigenvalue weighted by Gasteiger charge is 2.17. The quantitative estimate of drug-likeness (QED) is 0.858. The van der Waals surface area contributed by atoms with E-state index in [-0.39, 0.29) is 0 Å². The average Bonchev–Trinajstić information content (AvgIpc) is 2.87. The average molecular weight is 239 g/mol. The molecule has 0 atom stereocenters. The minimum absolute atomic E-state index is 0.516. The van der Waals surface area contributed by atoms with Crippen molar-refractivity contribution in [3.05, 3.63) is 10.0 Å². The van der Waals surface area contributed by atoms with E-state index in [1.807, 2.05) is 0 Å². The number of hydrogen-bond acceptors (Lipinski definition) is 4. The monoisotopic (exact) mass is 239 g/mol. The topological polar surface area (TPSA) is 37.8 Å². The van der Waals surface area contributed by atoms with E-state index in [9.17, 15) is 0 Å². The molecule has 0 amide bonds. The van der Waals surface area contributed by atoms with Crippen LogP contribution >= 0.6 is 11.3 Å². The second-order valence-corrected chi connectivity index (χ2v) is 6.13. The Bertz CT molecular complexity index is 316. The van der Waals surface area contributed by atoms with Gasteiger partial charge in [-0.2, -0.15) is 0 Å². The molecule has 3 nitrogen and oxygen atoms in total. The zero-order valence-electron chi connectivity index (χ0n) is 10.2. The van der Waals surface area contributed by atoms with Gasteiger partial charge in [-0.05, 0) is 5.92 Å². The Kier molecular flexibility index (Phi) is 4.29. The molecule has 90 valence electrons. The smallest absolute Gasteiger partial charge is 0.131 e. The van der Waals surface area contributed by atoms with Crippen molar-refractivity contribution in [3.8, 4) is 0 Å². The third-order valence-corrected chi connectivity index (χ3v) is 4.05. The lowest BCUT2D eigenvalue weighted by Crippen LogP contribution is -2.21. The van der Waals surface area contributed by atoms with Crippen molar-refractivity contribution < 1.29 is 0 Å². The van der Waals surface area contributed by atoms with Crippen molar-refractivity contribution in [1.82, 2.24) is 15.5 Å². The lowest BCUT2D eigenvalue weighted by Gasteiger charge is -2.04. The first-order chi connectivity index (χ1) is 7.74. The summed E-state index contributed by atoms with van der Waals surface area (Å²) < 4.78 is 0. The normalized spacial score (nSPS) is 17.4. The molecule has 1 aliphatic carbocycles. The molecule has 1 fully saturated rings. The lowest BCUT2D eigenvalue weighted by atomic mass is 10.1. The number of nitrogens with one attached hydrogen (secondary N) is 1. The van der Waals surface area contributed by atoms with Crippen LogP contribution in [0.2, 0.25) is 0 Å². The molecule has 0 radical (unpaired) electrons. The fourth-order valence-corrected chi connectivity index (χ4v) is 3.10. The molecule has 0 saturated heterocycles. The van der Waals surface area contributed by atoms with Crippen LogP contribution in [0.5, 0.6) is 0 Å². The van der Waals surface area contributed by atoms with Crippen LogP contribution in [0.1, 0.15) is 49.5 Å². The predicted octanol–water partition coefficient (Wildman–Crippen LogP) is 2.77. The van der Waals surface area contributed by atoms with Crippen LogP contribution in [-0.4, -0.2) is 16.2 Å². The highest BCUT2D eigenvalue weighted by molar-refractivity contribution is 7.11. The van der Waals surface area contributed by atoms with Gasteiger partial charge in [-0.25, -0.2) is 0 Å². The molecule has 0 spiro atoms. The summed E-state index contributed by atoms with van der Waals surface area (Å²) in [6, 6.07) is 0.516. The summed E-state index contributed by atoms with van der Waals surface area (Å²) in [6.45, 7) is 5.17. The van der Waals surface area contributed by atoms with Crippen molar-refractivity contribution >= 4 is 11.3 Å². The molecule has 1 saturated carbocycles. The molecule has 4 heteroatoms. The number of nitrogens with zero attached hydrogens (tertiary/aromatic N) is 2. The molecule has 0 aliphatic heterocycles. The van der Waals surface area contributed by atoms with Gasteiger partial charge in [0.2, 0.25) is 0 Å². The van der Waals surface area contributed by atoms with Gasteiger partial charge in [0.25, 0.3) is 0 Å². The summed E-state index contributed by atoms with van der Waals surface area (Å²) in [5.41, 5.74) is 0. The summed E-state index contributed by atoms with van der Waals surface area (Å²) in [7, 11) is 0. The zero-order valence-corrected chi connectivity index (χ0v) is 11.0. The van der Waals surface area contributed by atoms with Gasteiger partial charge in [-0.15, -0.1) is 21.5 Å². The summed E-state index contributed by atoms with van der Waals surface area (Å²) in [5.74, 6) is 0.874. The summed E-state index contributed by atoms with van der Waals surface area (Å²) in [6.07, 6.45) is 6.74. The van der Waals surface area contributed by atoms with Crippen LogP contribution in [0.3, 0.4) is 0 Å². The second kappa shape index (κ2) is 5.73.